The second kappa shape index (κ2) is 14.6. The zero-order valence-electron chi connectivity index (χ0n) is 22.2. The van der Waals surface area contributed by atoms with E-state index in [9.17, 15) is 14.4 Å². The Kier molecular flexibility index (Phi) is 11.0. The molecule has 0 radical (unpaired) electrons. The van der Waals surface area contributed by atoms with Crippen molar-refractivity contribution >= 4 is 46.1 Å². The normalized spacial score (nSPS) is 17.7. The molecule has 39 heavy (non-hydrogen) atoms. The van der Waals surface area contributed by atoms with Gasteiger partial charge in [0.25, 0.3) is 0 Å². The van der Waals surface area contributed by atoms with Gasteiger partial charge in [-0.3, -0.25) is 14.5 Å². The molecule has 4 amide bonds. The number of nitrogens with one attached hydrogen (secondary N) is 4. The van der Waals surface area contributed by atoms with E-state index >= 15 is 0 Å². The van der Waals surface area contributed by atoms with Gasteiger partial charge >= 0.3 is 6.03 Å². The number of hydrogen-bond acceptors (Lipinski definition) is 5. The Labute approximate surface area is 244 Å². The molecule has 4 rings (SSSR count). The van der Waals surface area contributed by atoms with Gasteiger partial charge in [0.05, 0.1) is 13.2 Å². The highest BCUT2D eigenvalue weighted by atomic mass is 127. The fourth-order valence-corrected chi connectivity index (χ4v) is 5.48. The number of nitrogens with zero attached hydrogens (tertiary/aromatic N) is 1. The van der Waals surface area contributed by atoms with Gasteiger partial charge in [0, 0.05) is 35.3 Å². The number of amides is 4. The third kappa shape index (κ3) is 8.91. The van der Waals surface area contributed by atoms with Crippen LogP contribution < -0.4 is 21.3 Å². The number of urea groups is 1. The molecule has 10 heteroatoms. The van der Waals surface area contributed by atoms with E-state index in [4.69, 9.17) is 4.74 Å². The summed E-state index contributed by atoms with van der Waals surface area (Å²) in [5, 5.41) is 11.8. The van der Waals surface area contributed by atoms with Crippen LogP contribution in [0.25, 0.3) is 0 Å². The van der Waals surface area contributed by atoms with E-state index in [-0.39, 0.29) is 11.8 Å². The summed E-state index contributed by atoms with van der Waals surface area (Å²) in [6.07, 6.45) is 3.90. The summed E-state index contributed by atoms with van der Waals surface area (Å²) >= 11 is 2.20. The fourth-order valence-electron chi connectivity index (χ4n) is 5.12. The van der Waals surface area contributed by atoms with Crippen molar-refractivity contribution in [3.8, 4) is 0 Å². The van der Waals surface area contributed by atoms with Crippen LogP contribution >= 0.6 is 22.6 Å². The lowest BCUT2D eigenvalue weighted by Crippen LogP contribution is -2.61. The molecule has 0 spiro atoms. The predicted octanol–water partition coefficient (Wildman–Crippen LogP) is 3.29. The van der Waals surface area contributed by atoms with Gasteiger partial charge in [0.15, 0.2) is 0 Å². The Bertz CT molecular complexity index is 1090. The Morgan fingerprint density at radius 2 is 1.67 bits per heavy atom. The first kappa shape index (κ1) is 29.3. The summed E-state index contributed by atoms with van der Waals surface area (Å²) in [5.41, 5.74) is 0.551. The number of rotatable bonds is 11. The topological polar surface area (TPSA) is 112 Å². The van der Waals surface area contributed by atoms with Crippen LogP contribution in [0.15, 0.2) is 54.6 Å². The standard InChI is InChI=1S/C29H38IN5O4/c30-23-9-11-24(12-10-23)32-28(38)34-29(13-4-5-14-29)27(37)33-25(21-22-7-2-1-3-8-22)26(36)31-15-6-16-35-17-19-39-20-18-35/h1-3,7-12,25H,4-6,13-21H2,(H,31,36)(H,33,37)(H2,32,34,38)/t25-/m1/s1. The molecule has 1 aliphatic carbocycles. The third-order valence-electron chi connectivity index (χ3n) is 7.31. The molecule has 210 valence electrons. The van der Waals surface area contributed by atoms with Gasteiger partial charge in [-0.05, 0) is 78.2 Å². The van der Waals surface area contributed by atoms with Crippen LogP contribution in [0.4, 0.5) is 10.5 Å². The molecular formula is C29H38IN5O4. The summed E-state index contributed by atoms with van der Waals surface area (Å²) in [6.45, 7) is 4.73. The van der Waals surface area contributed by atoms with Gasteiger partial charge in [-0.2, -0.15) is 0 Å². The highest BCUT2D eigenvalue weighted by molar-refractivity contribution is 14.1. The molecule has 1 saturated carbocycles. The van der Waals surface area contributed by atoms with Crippen LogP contribution in [-0.2, 0) is 20.7 Å². The van der Waals surface area contributed by atoms with Gasteiger partial charge < -0.3 is 26.0 Å². The molecule has 1 atom stereocenters. The molecule has 1 aliphatic heterocycles. The minimum atomic E-state index is -1.06. The molecule has 1 heterocycles. The highest BCUT2D eigenvalue weighted by Gasteiger charge is 2.43. The lowest BCUT2D eigenvalue weighted by Gasteiger charge is -2.31. The minimum absolute atomic E-state index is 0.217. The van der Waals surface area contributed by atoms with E-state index in [1.54, 1.807) is 0 Å². The largest absolute Gasteiger partial charge is 0.379 e. The lowest BCUT2D eigenvalue weighted by atomic mass is 9.95. The highest BCUT2D eigenvalue weighted by Crippen LogP contribution is 2.30. The van der Waals surface area contributed by atoms with E-state index < -0.39 is 17.6 Å². The number of hydrogen-bond donors (Lipinski definition) is 4. The first-order valence-electron chi connectivity index (χ1n) is 13.7. The zero-order valence-corrected chi connectivity index (χ0v) is 24.4. The molecule has 2 aliphatic rings. The number of carbonyl (C=O) groups excluding carboxylic acids is 3. The monoisotopic (exact) mass is 647 g/mol. The summed E-state index contributed by atoms with van der Waals surface area (Å²) in [7, 11) is 0. The molecule has 0 bridgehead atoms. The molecule has 9 nitrogen and oxygen atoms in total. The van der Waals surface area contributed by atoms with Crippen molar-refractivity contribution in [2.75, 3.05) is 44.7 Å². The van der Waals surface area contributed by atoms with Crippen LogP contribution in [0.5, 0.6) is 0 Å². The Hall–Kier alpha value is -2.70. The Morgan fingerprint density at radius 3 is 2.36 bits per heavy atom. The van der Waals surface area contributed by atoms with Crippen molar-refractivity contribution in [3.05, 3.63) is 63.7 Å². The second-order valence-corrected chi connectivity index (χ2v) is 11.4. The molecular weight excluding hydrogens is 609 g/mol. The van der Waals surface area contributed by atoms with Crippen molar-refractivity contribution in [1.29, 1.82) is 0 Å². The second-order valence-electron chi connectivity index (χ2n) is 10.2. The van der Waals surface area contributed by atoms with Crippen molar-refractivity contribution in [2.24, 2.45) is 0 Å². The Morgan fingerprint density at radius 1 is 0.974 bits per heavy atom. The first-order valence-corrected chi connectivity index (χ1v) is 14.8. The maximum atomic E-state index is 13.7. The maximum Gasteiger partial charge on any atom is 0.320 e. The van der Waals surface area contributed by atoms with Crippen LogP contribution in [0.1, 0.15) is 37.7 Å². The fraction of sp³-hybridized carbons (Fsp3) is 0.483. The molecule has 2 aromatic carbocycles. The van der Waals surface area contributed by atoms with Gasteiger partial charge in [-0.25, -0.2) is 4.79 Å². The lowest BCUT2D eigenvalue weighted by molar-refractivity contribution is -0.132. The van der Waals surface area contributed by atoms with E-state index in [0.717, 1.165) is 61.2 Å². The van der Waals surface area contributed by atoms with Gasteiger partial charge in [-0.15, -0.1) is 0 Å². The zero-order chi connectivity index (χ0) is 27.5. The van der Waals surface area contributed by atoms with Crippen LogP contribution in [0.3, 0.4) is 0 Å². The van der Waals surface area contributed by atoms with E-state index in [2.05, 4.69) is 48.8 Å². The molecule has 2 fully saturated rings. The predicted molar refractivity (Wildman–Crippen MR) is 159 cm³/mol. The summed E-state index contributed by atoms with van der Waals surface area (Å²) in [5.74, 6) is -0.534. The first-order chi connectivity index (χ1) is 18.9. The van der Waals surface area contributed by atoms with Crippen molar-refractivity contribution in [1.82, 2.24) is 20.9 Å². The number of carbonyl (C=O) groups is 3. The third-order valence-corrected chi connectivity index (χ3v) is 8.02. The average molecular weight is 648 g/mol. The number of ether oxygens (including phenoxy) is 1. The van der Waals surface area contributed by atoms with Gasteiger partial charge in [0.2, 0.25) is 11.8 Å². The smallest absolute Gasteiger partial charge is 0.320 e. The Balaban J connectivity index is 1.38. The molecule has 1 saturated heterocycles. The van der Waals surface area contributed by atoms with Crippen LogP contribution in [0.2, 0.25) is 0 Å². The van der Waals surface area contributed by atoms with Gasteiger partial charge in [0.1, 0.15) is 11.6 Å². The number of anilines is 1. The van der Waals surface area contributed by atoms with Crippen molar-refractivity contribution in [2.45, 2.75) is 50.1 Å². The van der Waals surface area contributed by atoms with E-state index in [0.29, 0.717) is 31.5 Å². The number of halogens is 1. The molecule has 2 aromatic rings. The number of benzene rings is 2. The van der Waals surface area contributed by atoms with E-state index in [1.165, 1.54) is 0 Å². The maximum absolute atomic E-state index is 13.7. The van der Waals surface area contributed by atoms with E-state index in [1.807, 2.05) is 54.6 Å². The van der Waals surface area contributed by atoms with Crippen LogP contribution in [0, 0.1) is 3.57 Å². The average Bonchev–Trinajstić information content (AvgIpc) is 3.42. The van der Waals surface area contributed by atoms with Gasteiger partial charge in [-0.1, -0.05) is 43.2 Å². The minimum Gasteiger partial charge on any atom is -0.379 e. The van der Waals surface area contributed by atoms with Crippen molar-refractivity contribution < 1.29 is 19.1 Å². The summed E-state index contributed by atoms with van der Waals surface area (Å²) in [6, 6.07) is 15.9. The SMILES string of the molecule is O=C(Nc1ccc(I)cc1)NC1(C(=O)N[C@H](Cc2ccccc2)C(=O)NCCCN2CCOCC2)CCCC1. The molecule has 4 N–H and O–H groups in total. The van der Waals surface area contributed by atoms with Crippen molar-refractivity contribution in [3.63, 3.8) is 0 Å². The number of morpholine rings is 1. The molecule has 0 unspecified atom stereocenters. The summed E-state index contributed by atoms with van der Waals surface area (Å²) in [4.78, 5) is 42.2. The van der Waals surface area contributed by atoms with Crippen LogP contribution in [-0.4, -0.2) is 73.7 Å². The summed E-state index contributed by atoms with van der Waals surface area (Å²) < 4.78 is 6.46. The quantitative estimate of drug-likeness (QED) is 0.221. The molecule has 0 aromatic heterocycles.